The summed E-state index contributed by atoms with van der Waals surface area (Å²) in [5.74, 6) is -1.60. The molecule has 0 aromatic heterocycles. The Kier molecular flexibility index (Phi) is 6.10. The Bertz CT molecular complexity index is 1350. The number of para-hydroxylation sites is 1. The van der Waals surface area contributed by atoms with Gasteiger partial charge in [0.25, 0.3) is 17.6 Å². The predicted molar refractivity (Wildman–Crippen MR) is 138 cm³/mol. The van der Waals surface area contributed by atoms with Crippen LogP contribution in [0.1, 0.15) is 43.7 Å². The Morgan fingerprint density at radius 1 is 1.05 bits per heavy atom. The van der Waals surface area contributed by atoms with Crippen molar-refractivity contribution < 1.29 is 33.7 Å². The molecule has 0 unspecified atom stereocenters. The molecule has 0 aliphatic carbocycles. The number of aliphatic hydroxyl groups is 1. The number of nitrogens with zero attached hydrogens (tertiary/aromatic N) is 2. The Balaban J connectivity index is 1.58. The maximum Gasteiger partial charge on any atom is 0.296 e. The number of amides is 2. The zero-order valence-electron chi connectivity index (χ0n) is 21.3. The minimum Gasteiger partial charge on any atom is -0.507 e. The van der Waals surface area contributed by atoms with E-state index in [1.54, 1.807) is 35.2 Å². The van der Waals surface area contributed by atoms with Gasteiger partial charge in [-0.05, 0) is 43.5 Å². The third kappa shape index (κ3) is 3.52. The highest BCUT2D eigenvalue weighted by molar-refractivity contribution is 6.50. The van der Waals surface area contributed by atoms with E-state index >= 15 is 0 Å². The van der Waals surface area contributed by atoms with Crippen molar-refractivity contribution in [1.82, 2.24) is 4.90 Å². The largest absolute Gasteiger partial charge is 0.507 e. The molecule has 1 spiro atoms. The third-order valence-corrected chi connectivity index (χ3v) is 7.77. The second-order valence-electron chi connectivity index (χ2n) is 10.00. The molecule has 4 aliphatic rings. The minimum absolute atomic E-state index is 0.0736. The number of Topliss-reactive ketones (excluding diaryl/α,β-unsaturated/α-hetero) is 1. The number of anilines is 1. The van der Waals surface area contributed by atoms with Crippen molar-refractivity contribution in [3.63, 3.8) is 0 Å². The first-order chi connectivity index (χ1) is 18.5. The van der Waals surface area contributed by atoms with Gasteiger partial charge in [-0.25, -0.2) is 0 Å². The molecule has 6 rings (SSSR count). The van der Waals surface area contributed by atoms with E-state index in [0.29, 0.717) is 49.1 Å². The summed E-state index contributed by atoms with van der Waals surface area (Å²) in [4.78, 5) is 44.9. The van der Waals surface area contributed by atoms with Gasteiger partial charge in [-0.2, -0.15) is 0 Å². The molecule has 0 bridgehead atoms. The minimum atomic E-state index is -1.79. The van der Waals surface area contributed by atoms with Gasteiger partial charge in [-0.1, -0.05) is 31.5 Å². The van der Waals surface area contributed by atoms with E-state index in [1.807, 2.05) is 19.1 Å². The number of hydrogen-bond acceptors (Lipinski definition) is 7. The Morgan fingerprint density at radius 2 is 1.84 bits per heavy atom. The second-order valence-corrected chi connectivity index (χ2v) is 10.00. The number of aliphatic hydroxyl groups excluding tert-OH is 1. The molecule has 2 saturated heterocycles. The normalized spacial score (nSPS) is 25.5. The number of carbonyl (C=O) groups excluding carboxylic acids is 3. The number of ketones is 1. The molecule has 4 aliphatic heterocycles. The molecule has 2 aromatic carbocycles. The first kappa shape index (κ1) is 24.5. The number of rotatable bonds is 6. The Labute approximate surface area is 220 Å². The van der Waals surface area contributed by atoms with Gasteiger partial charge in [0.1, 0.15) is 19.0 Å². The highest BCUT2D eigenvalue weighted by Gasteiger charge is 2.67. The summed E-state index contributed by atoms with van der Waals surface area (Å²) in [6, 6.07) is 12.0. The molecular formula is C29H30N2O7. The summed E-state index contributed by atoms with van der Waals surface area (Å²) in [5, 5.41) is 11.7. The first-order valence-corrected chi connectivity index (χ1v) is 13.2. The fourth-order valence-electron chi connectivity index (χ4n) is 5.98. The van der Waals surface area contributed by atoms with Crippen LogP contribution in [0, 0.1) is 0 Å². The van der Waals surface area contributed by atoms with Crippen LogP contribution < -0.4 is 14.4 Å². The van der Waals surface area contributed by atoms with Crippen molar-refractivity contribution >= 4 is 29.0 Å². The quantitative estimate of drug-likeness (QED) is 0.355. The number of benzene rings is 2. The van der Waals surface area contributed by atoms with Crippen molar-refractivity contribution in [1.29, 1.82) is 0 Å². The highest BCUT2D eigenvalue weighted by Crippen LogP contribution is 2.54. The van der Waals surface area contributed by atoms with Gasteiger partial charge in [0.2, 0.25) is 0 Å². The molecule has 1 N–H and O–H groups in total. The van der Waals surface area contributed by atoms with Crippen molar-refractivity contribution in [3.05, 3.63) is 59.2 Å². The summed E-state index contributed by atoms with van der Waals surface area (Å²) >= 11 is 0. The van der Waals surface area contributed by atoms with Crippen LogP contribution in [0.15, 0.2) is 48.0 Å². The van der Waals surface area contributed by atoms with Crippen LogP contribution in [0.5, 0.6) is 11.5 Å². The third-order valence-electron chi connectivity index (χ3n) is 7.77. The molecule has 9 nitrogen and oxygen atoms in total. The standard InChI is InChI=1S/C29H30N2O7/c1-2-3-12-30-21-9-5-4-8-20(21)29(28(30)35)24(26(33)27(34)31(29)17-19-7-6-13-36-19)25(32)18-10-11-22-23(16-18)38-15-14-37-22/h4-5,8-11,16,19,32H,2-3,6-7,12-15,17H2,1H3/b25-24-/t19-,29+/m1/s1. The van der Waals surface area contributed by atoms with Crippen LogP contribution in [0.4, 0.5) is 5.69 Å². The number of unbranched alkanes of at least 4 members (excludes halogenated alkanes) is 1. The van der Waals surface area contributed by atoms with E-state index < -0.39 is 28.9 Å². The number of likely N-dealkylation sites (tertiary alicyclic amines) is 1. The van der Waals surface area contributed by atoms with E-state index in [9.17, 15) is 19.5 Å². The van der Waals surface area contributed by atoms with E-state index in [-0.39, 0.29) is 23.8 Å². The average molecular weight is 519 g/mol. The van der Waals surface area contributed by atoms with Gasteiger partial charge in [-0.15, -0.1) is 0 Å². The van der Waals surface area contributed by atoms with E-state index in [1.165, 1.54) is 4.90 Å². The van der Waals surface area contributed by atoms with Gasteiger partial charge < -0.3 is 29.1 Å². The number of carbonyl (C=O) groups is 3. The molecule has 0 radical (unpaired) electrons. The SMILES string of the molecule is CCCCN1C(=O)[C@@]2(/C(=C(\O)c3ccc4c(c3)OCCO4)C(=O)C(=O)N2C[C@H]2CCCO2)c2ccccc21. The van der Waals surface area contributed by atoms with Crippen molar-refractivity contribution in [2.45, 2.75) is 44.2 Å². The van der Waals surface area contributed by atoms with Crippen molar-refractivity contribution in [2.24, 2.45) is 0 Å². The summed E-state index contributed by atoms with van der Waals surface area (Å²) in [6.45, 7) is 3.86. The molecule has 2 amide bonds. The lowest BCUT2D eigenvalue weighted by molar-refractivity contribution is -0.145. The average Bonchev–Trinajstić information content (AvgIpc) is 3.60. The lowest BCUT2D eigenvalue weighted by Crippen LogP contribution is -2.54. The topological polar surface area (TPSA) is 106 Å². The van der Waals surface area contributed by atoms with Crippen LogP contribution in [0.25, 0.3) is 5.76 Å². The predicted octanol–water partition coefficient (Wildman–Crippen LogP) is 3.36. The van der Waals surface area contributed by atoms with E-state index in [2.05, 4.69) is 0 Å². The fraction of sp³-hybridized carbons (Fsp3) is 0.414. The maximum atomic E-state index is 14.5. The van der Waals surface area contributed by atoms with Crippen LogP contribution in [-0.2, 0) is 24.7 Å². The monoisotopic (exact) mass is 518 g/mol. The maximum absolute atomic E-state index is 14.5. The summed E-state index contributed by atoms with van der Waals surface area (Å²) in [5.41, 5.74) is -0.604. The fourth-order valence-corrected chi connectivity index (χ4v) is 5.98. The molecule has 2 fully saturated rings. The van der Waals surface area contributed by atoms with Crippen molar-refractivity contribution in [2.75, 3.05) is 37.8 Å². The van der Waals surface area contributed by atoms with Gasteiger partial charge in [0, 0.05) is 30.8 Å². The zero-order valence-corrected chi connectivity index (χ0v) is 21.3. The van der Waals surface area contributed by atoms with Crippen LogP contribution in [0.3, 0.4) is 0 Å². The second kappa shape index (κ2) is 9.47. The molecular weight excluding hydrogens is 488 g/mol. The molecule has 38 heavy (non-hydrogen) atoms. The molecule has 2 atom stereocenters. The summed E-state index contributed by atoms with van der Waals surface area (Å²) < 4.78 is 17.1. The van der Waals surface area contributed by atoms with Gasteiger partial charge >= 0.3 is 0 Å². The van der Waals surface area contributed by atoms with Crippen LogP contribution in [-0.4, -0.2) is 66.6 Å². The molecule has 4 heterocycles. The van der Waals surface area contributed by atoms with Crippen LogP contribution >= 0.6 is 0 Å². The summed E-state index contributed by atoms with van der Waals surface area (Å²) in [6.07, 6.45) is 2.87. The van der Waals surface area contributed by atoms with Gasteiger partial charge in [-0.3, -0.25) is 14.4 Å². The highest BCUT2D eigenvalue weighted by atomic mass is 16.6. The molecule has 2 aromatic rings. The summed E-state index contributed by atoms with van der Waals surface area (Å²) in [7, 11) is 0. The number of hydrogen-bond donors (Lipinski definition) is 1. The smallest absolute Gasteiger partial charge is 0.296 e. The van der Waals surface area contributed by atoms with Gasteiger partial charge in [0.05, 0.1) is 17.4 Å². The van der Waals surface area contributed by atoms with Gasteiger partial charge in [0.15, 0.2) is 17.0 Å². The Hall–Kier alpha value is -3.85. The number of fused-ring (bicyclic) bond motifs is 3. The number of ether oxygens (including phenoxy) is 3. The zero-order chi connectivity index (χ0) is 26.4. The lowest BCUT2D eigenvalue weighted by Gasteiger charge is -2.35. The lowest BCUT2D eigenvalue weighted by atomic mass is 9.81. The molecule has 9 heteroatoms. The van der Waals surface area contributed by atoms with Crippen LogP contribution in [0.2, 0.25) is 0 Å². The Morgan fingerprint density at radius 3 is 2.61 bits per heavy atom. The van der Waals surface area contributed by atoms with E-state index in [4.69, 9.17) is 14.2 Å². The molecule has 0 saturated carbocycles. The molecule has 198 valence electrons. The van der Waals surface area contributed by atoms with E-state index in [0.717, 1.165) is 25.7 Å². The van der Waals surface area contributed by atoms with Crippen molar-refractivity contribution in [3.8, 4) is 11.5 Å². The first-order valence-electron chi connectivity index (χ1n) is 13.2.